The summed E-state index contributed by atoms with van der Waals surface area (Å²) in [6.07, 6.45) is 1.55. The number of nitrogens with zero attached hydrogens (tertiary/aromatic N) is 2. The highest BCUT2D eigenvalue weighted by Crippen LogP contribution is 2.32. The number of halogens is 3. The zero-order valence-corrected chi connectivity index (χ0v) is 16.5. The van der Waals surface area contributed by atoms with Crippen LogP contribution in [0.2, 0.25) is 0 Å². The third-order valence-corrected chi connectivity index (χ3v) is 4.91. The van der Waals surface area contributed by atoms with Crippen molar-refractivity contribution in [3.63, 3.8) is 0 Å². The maximum atomic E-state index is 12.4. The fourth-order valence-electron chi connectivity index (χ4n) is 2.29. The van der Waals surface area contributed by atoms with Crippen LogP contribution in [0.25, 0.3) is 11.1 Å². The standard InChI is InChI=1S/C19H14ClF2N3O3S/c1-27-15-10-11(7-8-14(15)28-19(21)22)9-13(20)17-24-25-18(29-17)16(26)23-12-5-3-2-4-6-12/h2-10,19H,1H3,(H,23,26)/b13-9-. The van der Waals surface area contributed by atoms with E-state index < -0.39 is 12.5 Å². The van der Waals surface area contributed by atoms with E-state index in [1.165, 1.54) is 25.3 Å². The number of rotatable bonds is 7. The maximum Gasteiger partial charge on any atom is 0.387 e. The zero-order valence-electron chi connectivity index (χ0n) is 14.9. The number of para-hydroxylation sites is 1. The molecule has 0 saturated heterocycles. The SMILES string of the molecule is COc1cc(/C=C(\Cl)c2nnc(C(=O)Nc3ccccc3)s2)ccc1OC(F)F. The normalized spacial score (nSPS) is 11.4. The van der Waals surface area contributed by atoms with Gasteiger partial charge in [0, 0.05) is 5.69 Å². The van der Waals surface area contributed by atoms with Crippen molar-refractivity contribution < 1.29 is 23.0 Å². The molecule has 10 heteroatoms. The molecule has 0 unspecified atom stereocenters. The predicted octanol–water partition coefficient (Wildman–Crippen LogP) is 5.14. The van der Waals surface area contributed by atoms with Crippen molar-refractivity contribution in [2.24, 2.45) is 0 Å². The van der Waals surface area contributed by atoms with Gasteiger partial charge in [0.25, 0.3) is 5.91 Å². The summed E-state index contributed by atoms with van der Waals surface area (Å²) in [5.74, 6) is -0.366. The van der Waals surface area contributed by atoms with Crippen LogP contribution >= 0.6 is 22.9 Å². The van der Waals surface area contributed by atoms with Crippen molar-refractivity contribution in [3.05, 3.63) is 64.1 Å². The van der Waals surface area contributed by atoms with Crippen LogP contribution in [0.4, 0.5) is 14.5 Å². The van der Waals surface area contributed by atoms with Crippen LogP contribution in [-0.4, -0.2) is 29.8 Å². The lowest BCUT2D eigenvalue weighted by molar-refractivity contribution is -0.0512. The van der Waals surface area contributed by atoms with E-state index in [4.69, 9.17) is 16.3 Å². The Labute approximate surface area is 173 Å². The smallest absolute Gasteiger partial charge is 0.387 e. The van der Waals surface area contributed by atoms with Crippen molar-refractivity contribution in [2.75, 3.05) is 12.4 Å². The lowest BCUT2D eigenvalue weighted by Gasteiger charge is -2.10. The lowest BCUT2D eigenvalue weighted by Crippen LogP contribution is -2.11. The number of carbonyl (C=O) groups excluding carboxylic acids is 1. The number of benzene rings is 2. The number of amides is 1. The minimum atomic E-state index is -2.96. The minimum Gasteiger partial charge on any atom is -0.493 e. The first kappa shape index (κ1) is 20.7. The second kappa shape index (κ2) is 9.44. The summed E-state index contributed by atoms with van der Waals surface area (Å²) in [7, 11) is 1.34. The molecule has 0 radical (unpaired) electrons. The molecule has 1 N–H and O–H groups in total. The van der Waals surface area contributed by atoms with Gasteiger partial charge in [-0.1, -0.05) is 47.2 Å². The van der Waals surface area contributed by atoms with Gasteiger partial charge in [0.15, 0.2) is 16.5 Å². The Hall–Kier alpha value is -3.04. The third kappa shape index (κ3) is 5.49. The van der Waals surface area contributed by atoms with E-state index in [2.05, 4.69) is 20.3 Å². The monoisotopic (exact) mass is 437 g/mol. The second-order valence-corrected chi connectivity index (χ2v) is 6.90. The molecular formula is C19H14ClF2N3O3S. The molecule has 0 aliphatic heterocycles. The fourth-order valence-corrected chi connectivity index (χ4v) is 3.22. The van der Waals surface area contributed by atoms with Gasteiger partial charge in [-0.25, -0.2) is 0 Å². The van der Waals surface area contributed by atoms with E-state index in [1.54, 1.807) is 30.3 Å². The van der Waals surface area contributed by atoms with Gasteiger partial charge in [0.1, 0.15) is 0 Å². The molecule has 0 aliphatic carbocycles. The quantitative estimate of drug-likeness (QED) is 0.554. The second-order valence-electron chi connectivity index (χ2n) is 5.51. The van der Waals surface area contributed by atoms with E-state index in [-0.39, 0.29) is 21.5 Å². The van der Waals surface area contributed by atoms with Crippen molar-refractivity contribution in [2.45, 2.75) is 6.61 Å². The van der Waals surface area contributed by atoms with Crippen LogP contribution in [0.3, 0.4) is 0 Å². The van der Waals surface area contributed by atoms with Crippen LogP contribution in [0, 0.1) is 0 Å². The summed E-state index contributed by atoms with van der Waals surface area (Å²) in [6.45, 7) is -2.96. The van der Waals surface area contributed by atoms with E-state index in [0.29, 0.717) is 16.3 Å². The highest BCUT2D eigenvalue weighted by molar-refractivity contribution is 7.15. The Kier molecular flexibility index (Phi) is 6.73. The van der Waals surface area contributed by atoms with Gasteiger partial charge in [-0.2, -0.15) is 8.78 Å². The lowest BCUT2D eigenvalue weighted by atomic mass is 10.2. The molecule has 0 bridgehead atoms. The number of alkyl halides is 2. The topological polar surface area (TPSA) is 73.3 Å². The van der Waals surface area contributed by atoms with Gasteiger partial charge < -0.3 is 14.8 Å². The molecule has 2 aromatic carbocycles. The van der Waals surface area contributed by atoms with E-state index in [1.807, 2.05) is 6.07 Å². The Morgan fingerprint density at radius 3 is 2.55 bits per heavy atom. The number of hydrogen-bond acceptors (Lipinski definition) is 6. The predicted molar refractivity (Wildman–Crippen MR) is 108 cm³/mol. The van der Waals surface area contributed by atoms with Crippen molar-refractivity contribution in [1.82, 2.24) is 10.2 Å². The molecule has 0 saturated carbocycles. The number of aromatic nitrogens is 2. The van der Waals surface area contributed by atoms with Gasteiger partial charge in [-0.3, -0.25) is 4.79 Å². The zero-order chi connectivity index (χ0) is 20.8. The molecule has 1 amide bonds. The van der Waals surface area contributed by atoms with Crippen LogP contribution in [0.15, 0.2) is 48.5 Å². The number of carbonyl (C=O) groups is 1. The molecule has 150 valence electrons. The molecule has 0 fully saturated rings. The van der Waals surface area contributed by atoms with E-state index >= 15 is 0 Å². The Bertz CT molecular complexity index is 1030. The molecule has 1 heterocycles. The minimum absolute atomic E-state index is 0.0912. The average molecular weight is 438 g/mol. The molecular weight excluding hydrogens is 424 g/mol. The third-order valence-electron chi connectivity index (χ3n) is 3.55. The van der Waals surface area contributed by atoms with Crippen molar-refractivity contribution >= 4 is 45.6 Å². The van der Waals surface area contributed by atoms with Gasteiger partial charge in [-0.15, -0.1) is 10.2 Å². The number of ether oxygens (including phenoxy) is 2. The summed E-state index contributed by atoms with van der Waals surface area (Å²) in [6, 6.07) is 13.3. The average Bonchev–Trinajstić information content (AvgIpc) is 3.20. The maximum absolute atomic E-state index is 12.4. The molecule has 1 aromatic heterocycles. The van der Waals surface area contributed by atoms with E-state index in [0.717, 1.165) is 11.3 Å². The molecule has 29 heavy (non-hydrogen) atoms. The first-order valence-electron chi connectivity index (χ1n) is 8.16. The van der Waals surface area contributed by atoms with Gasteiger partial charge in [0.05, 0.1) is 12.1 Å². The molecule has 0 atom stereocenters. The fraction of sp³-hybridized carbons (Fsp3) is 0.105. The first-order chi connectivity index (χ1) is 14.0. The molecule has 6 nitrogen and oxygen atoms in total. The summed E-state index contributed by atoms with van der Waals surface area (Å²) < 4.78 is 34.3. The largest absolute Gasteiger partial charge is 0.493 e. The summed E-state index contributed by atoms with van der Waals surface area (Å²) in [5.41, 5.74) is 1.20. The Balaban J connectivity index is 1.76. The highest BCUT2D eigenvalue weighted by atomic mass is 35.5. The van der Waals surface area contributed by atoms with Crippen LogP contribution < -0.4 is 14.8 Å². The number of nitrogens with one attached hydrogen (secondary N) is 1. The summed E-state index contributed by atoms with van der Waals surface area (Å²) >= 11 is 7.30. The number of anilines is 1. The van der Waals surface area contributed by atoms with Gasteiger partial charge in [-0.05, 0) is 35.9 Å². The van der Waals surface area contributed by atoms with Crippen molar-refractivity contribution in [3.8, 4) is 11.5 Å². The van der Waals surface area contributed by atoms with Crippen LogP contribution in [-0.2, 0) is 0 Å². The van der Waals surface area contributed by atoms with Crippen LogP contribution in [0.1, 0.15) is 20.4 Å². The summed E-state index contributed by atoms with van der Waals surface area (Å²) in [4.78, 5) is 12.3. The van der Waals surface area contributed by atoms with Crippen LogP contribution in [0.5, 0.6) is 11.5 Å². The highest BCUT2D eigenvalue weighted by Gasteiger charge is 2.15. The van der Waals surface area contributed by atoms with Crippen molar-refractivity contribution in [1.29, 1.82) is 0 Å². The number of hydrogen-bond donors (Lipinski definition) is 1. The van der Waals surface area contributed by atoms with Gasteiger partial charge >= 0.3 is 6.61 Å². The first-order valence-corrected chi connectivity index (χ1v) is 9.36. The molecule has 3 aromatic rings. The molecule has 3 rings (SSSR count). The van der Waals surface area contributed by atoms with Gasteiger partial charge in [0.2, 0.25) is 5.01 Å². The Morgan fingerprint density at radius 1 is 1.14 bits per heavy atom. The van der Waals surface area contributed by atoms with E-state index in [9.17, 15) is 13.6 Å². The number of methoxy groups -OCH3 is 1. The Morgan fingerprint density at radius 2 is 1.86 bits per heavy atom. The summed E-state index contributed by atoms with van der Waals surface area (Å²) in [5, 5.41) is 11.2. The molecule has 0 spiro atoms. The molecule has 0 aliphatic rings.